The second-order valence-electron chi connectivity index (χ2n) is 14.7. The first kappa shape index (κ1) is 35.4. The molecule has 1 fully saturated rings. The lowest BCUT2D eigenvalue weighted by Gasteiger charge is -2.37. The number of nitrogens with zero attached hydrogens (tertiary/aromatic N) is 1. The lowest BCUT2D eigenvalue weighted by Crippen LogP contribution is -2.35. The highest BCUT2D eigenvalue weighted by molar-refractivity contribution is 6.05. The summed E-state index contributed by atoms with van der Waals surface area (Å²) in [6, 6.07) is 45.4. The SMILES string of the molecule is CCCCCc1ccc(-c2ccc(-c3ccc4c5c(c(C(=O)OCC)cc4c3)C=CC(c3ccccc3)(c3ccc(N4CCCCC4)cc3)O5)cc2)cc1. The standard InChI is InChI=1S/C50H49NO3/c1-3-5-8-13-36-16-18-37(19-17-36)38-20-22-39(23-21-38)40-24-29-45-41(34-40)35-47(49(52)53-4-2)46-30-31-50(54-48(45)46,42-14-9-6-10-15-42)43-25-27-44(28-26-43)51-32-11-7-12-33-51/h6,9-10,14-31,34-35H,3-5,7-8,11-13,32-33H2,1-2H3. The van der Waals surface area contributed by atoms with Crippen molar-refractivity contribution in [3.63, 3.8) is 0 Å². The van der Waals surface area contributed by atoms with E-state index in [1.54, 1.807) is 0 Å². The number of hydrogen-bond acceptors (Lipinski definition) is 4. The van der Waals surface area contributed by atoms with Crippen molar-refractivity contribution in [2.24, 2.45) is 0 Å². The smallest absolute Gasteiger partial charge is 0.338 e. The Bertz CT molecular complexity index is 2250. The van der Waals surface area contributed by atoms with Crippen LogP contribution < -0.4 is 9.64 Å². The molecule has 2 heterocycles. The molecule has 0 bridgehead atoms. The zero-order valence-corrected chi connectivity index (χ0v) is 31.5. The molecule has 2 aliphatic rings. The van der Waals surface area contributed by atoms with Crippen molar-refractivity contribution in [3.8, 4) is 28.0 Å². The van der Waals surface area contributed by atoms with Crippen molar-refractivity contribution >= 4 is 28.5 Å². The van der Waals surface area contributed by atoms with E-state index in [1.165, 1.54) is 60.9 Å². The van der Waals surface area contributed by atoms with E-state index < -0.39 is 5.60 Å². The molecular formula is C50H49NO3. The van der Waals surface area contributed by atoms with Crippen LogP contribution in [0.3, 0.4) is 0 Å². The molecule has 0 saturated carbocycles. The van der Waals surface area contributed by atoms with E-state index in [-0.39, 0.29) is 5.97 Å². The molecule has 272 valence electrons. The Morgan fingerprint density at radius 2 is 1.35 bits per heavy atom. The van der Waals surface area contributed by atoms with Gasteiger partial charge in [-0.3, -0.25) is 0 Å². The van der Waals surface area contributed by atoms with Crippen LogP contribution in [0.2, 0.25) is 0 Å². The Morgan fingerprint density at radius 3 is 2.04 bits per heavy atom. The van der Waals surface area contributed by atoms with Gasteiger partial charge in [-0.15, -0.1) is 0 Å². The summed E-state index contributed by atoms with van der Waals surface area (Å²) in [6.07, 6.45) is 12.8. The zero-order chi connectivity index (χ0) is 36.9. The maximum absolute atomic E-state index is 13.5. The molecule has 1 saturated heterocycles. The van der Waals surface area contributed by atoms with Crippen LogP contribution in [0.25, 0.3) is 39.1 Å². The Labute approximate surface area is 320 Å². The molecule has 0 aliphatic carbocycles. The van der Waals surface area contributed by atoms with Crippen molar-refractivity contribution in [2.45, 2.75) is 64.4 Å². The number of anilines is 1. The molecule has 0 aromatic heterocycles. The van der Waals surface area contributed by atoms with Gasteiger partial charge in [-0.25, -0.2) is 4.79 Å². The molecule has 4 nitrogen and oxygen atoms in total. The largest absolute Gasteiger partial charge is 0.472 e. The van der Waals surface area contributed by atoms with Gasteiger partial charge in [-0.1, -0.05) is 123 Å². The zero-order valence-electron chi connectivity index (χ0n) is 31.5. The molecule has 6 aromatic carbocycles. The van der Waals surface area contributed by atoms with Crippen LogP contribution >= 0.6 is 0 Å². The molecule has 1 unspecified atom stereocenters. The minimum Gasteiger partial charge on any atom is -0.472 e. The van der Waals surface area contributed by atoms with Crippen molar-refractivity contribution < 1.29 is 14.3 Å². The van der Waals surface area contributed by atoms with Crippen LogP contribution in [0.5, 0.6) is 5.75 Å². The molecule has 6 aromatic rings. The molecule has 0 radical (unpaired) electrons. The molecule has 1 atom stereocenters. The number of carbonyl (C=O) groups is 1. The molecule has 0 amide bonds. The number of unbranched alkanes of at least 4 members (excludes halogenated alkanes) is 2. The van der Waals surface area contributed by atoms with Crippen LogP contribution in [0, 0.1) is 0 Å². The monoisotopic (exact) mass is 711 g/mol. The van der Waals surface area contributed by atoms with Crippen LogP contribution in [0.15, 0.2) is 133 Å². The number of esters is 1. The van der Waals surface area contributed by atoms with Gasteiger partial charge in [0.1, 0.15) is 5.75 Å². The van der Waals surface area contributed by atoms with Crippen molar-refractivity contribution in [1.82, 2.24) is 0 Å². The first-order valence-corrected chi connectivity index (χ1v) is 19.8. The lowest BCUT2D eigenvalue weighted by atomic mass is 9.82. The molecule has 0 N–H and O–H groups in total. The quantitative estimate of drug-likeness (QED) is 0.0991. The van der Waals surface area contributed by atoms with Gasteiger partial charge >= 0.3 is 5.97 Å². The average molecular weight is 712 g/mol. The summed E-state index contributed by atoms with van der Waals surface area (Å²) in [5.74, 6) is 0.329. The molecule has 4 heteroatoms. The van der Waals surface area contributed by atoms with Gasteiger partial charge in [0.05, 0.1) is 12.2 Å². The number of rotatable bonds is 11. The van der Waals surface area contributed by atoms with Gasteiger partial charge in [0.25, 0.3) is 0 Å². The highest BCUT2D eigenvalue weighted by Gasteiger charge is 2.39. The van der Waals surface area contributed by atoms with Crippen LogP contribution in [-0.4, -0.2) is 25.7 Å². The highest BCUT2D eigenvalue weighted by Crippen LogP contribution is 2.47. The molecule has 8 rings (SSSR count). The van der Waals surface area contributed by atoms with E-state index in [0.29, 0.717) is 17.9 Å². The van der Waals surface area contributed by atoms with Crippen LogP contribution in [0.4, 0.5) is 5.69 Å². The number of aryl methyl sites for hydroxylation is 1. The fourth-order valence-electron chi connectivity index (χ4n) is 8.15. The minimum absolute atomic E-state index is 0.293. The Morgan fingerprint density at radius 1 is 0.704 bits per heavy atom. The number of carbonyl (C=O) groups excluding carboxylic acids is 1. The number of hydrogen-bond donors (Lipinski definition) is 0. The summed E-state index contributed by atoms with van der Waals surface area (Å²) in [7, 11) is 0. The van der Waals surface area contributed by atoms with Gasteiger partial charge in [-0.2, -0.15) is 0 Å². The topological polar surface area (TPSA) is 38.8 Å². The second-order valence-corrected chi connectivity index (χ2v) is 14.7. The Kier molecular flexibility index (Phi) is 10.4. The third kappa shape index (κ3) is 7.06. The minimum atomic E-state index is -0.892. The molecule has 54 heavy (non-hydrogen) atoms. The van der Waals surface area contributed by atoms with Crippen molar-refractivity contribution in [2.75, 3.05) is 24.6 Å². The van der Waals surface area contributed by atoms with Gasteiger partial charge < -0.3 is 14.4 Å². The van der Waals surface area contributed by atoms with Gasteiger partial charge in [0.15, 0.2) is 5.60 Å². The summed E-state index contributed by atoms with van der Waals surface area (Å²) >= 11 is 0. The Hall–Kier alpha value is -5.61. The summed E-state index contributed by atoms with van der Waals surface area (Å²) in [4.78, 5) is 16.0. The van der Waals surface area contributed by atoms with E-state index in [9.17, 15) is 4.79 Å². The first-order chi connectivity index (χ1) is 26.6. The molecular weight excluding hydrogens is 663 g/mol. The van der Waals surface area contributed by atoms with Crippen LogP contribution in [0.1, 0.15) is 85.0 Å². The molecule has 0 spiro atoms. The maximum Gasteiger partial charge on any atom is 0.338 e. The predicted octanol–water partition coefficient (Wildman–Crippen LogP) is 12.4. The summed E-state index contributed by atoms with van der Waals surface area (Å²) in [5.41, 5.74) is 9.65. The van der Waals surface area contributed by atoms with E-state index >= 15 is 0 Å². The van der Waals surface area contributed by atoms with E-state index in [4.69, 9.17) is 9.47 Å². The van der Waals surface area contributed by atoms with E-state index in [1.807, 2.05) is 19.1 Å². The number of fused-ring (bicyclic) bond motifs is 3. The van der Waals surface area contributed by atoms with Gasteiger partial charge in [0.2, 0.25) is 0 Å². The van der Waals surface area contributed by atoms with E-state index in [0.717, 1.165) is 58.1 Å². The lowest BCUT2D eigenvalue weighted by molar-refractivity contribution is 0.0524. The van der Waals surface area contributed by atoms with Crippen molar-refractivity contribution in [1.29, 1.82) is 0 Å². The van der Waals surface area contributed by atoms with Gasteiger partial charge in [-0.05, 0) is 109 Å². The fourth-order valence-corrected chi connectivity index (χ4v) is 8.15. The maximum atomic E-state index is 13.5. The third-order valence-electron chi connectivity index (χ3n) is 11.2. The predicted molar refractivity (Wildman–Crippen MR) is 223 cm³/mol. The fraction of sp³-hybridized carbons (Fsp3) is 0.260. The summed E-state index contributed by atoms with van der Waals surface area (Å²) in [5, 5.41) is 1.88. The normalized spacial score (nSPS) is 16.5. The van der Waals surface area contributed by atoms with Crippen molar-refractivity contribution in [3.05, 3.63) is 161 Å². The second kappa shape index (κ2) is 15.8. The summed E-state index contributed by atoms with van der Waals surface area (Å²) < 4.78 is 12.9. The van der Waals surface area contributed by atoms with E-state index in [2.05, 4.69) is 139 Å². The first-order valence-electron chi connectivity index (χ1n) is 19.8. The van der Waals surface area contributed by atoms with Crippen LogP contribution in [-0.2, 0) is 16.8 Å². The third-order valence-corrected chi connectivity index (χ3v) is 11.2. The van der Waals surface area contributed by atoms with Gasteiger partial charge in [0, 0.05) is 40.9 Å². The Balaban J connectivity index is 1.16. The molecule has 2 aliphatic heterocycles. The number of ether oxygens (including phenoxy) is 2. The summed E-state index contributed by atoms with van der Waals surface area (Å²) in [6.45, 7) is 6.57. The number of piperidine rings is 1. The number of benzene rings is 6. The average Bonchev–Trinajstić information content (AvgIpc) is 3.24. The highest BCUT2D eigenvalue weighted by atomic mass is 16.5.